The number of carbonyl (C=O) groups is 1. The number of piperazine rings is 1. The highest BCUT2D eigenvalue weighted by Crippen LogP contribution is 2.15. The second kappa shape index (κ2) is 5.75. The van der Waals surface area contributed by atoms with Crippen LogP contribution in [0.5, 0.6) is 0 Å². The first-order valence-electron chi connectivity index (χ1n) is 7.10. The summed E-state index contributed by atoms with van der Waals surface area (Å²) in [5.74, 6) is 0. The van der Waals surface area contributed by atoms with Gasteiger partial charge < -0.3 is 5.32 Å². The van der Waals surface area contributed by atoms with E-state index in [0.717, 1.165) is 43.5 Å². The van der Waals surface area contributed by atoms with Crippen molar-refractivity contribution in [2.24, 2.45) is 0 Å². The molecule has 6 heteroatoms. The summed E-state index contributed by atoms with van der Waals surface area (Å²) < 4.78 is 1.32. The van der Waals surface area contributed by atoms with Gasteiger partial charge in [-0.3, -0.25) is 14.5 Å². The van der Waals surface area contributed by atoms with Crippen LogP contribution in [0.15, 0.2) is 29.1 Å². The summed E-state index contributed by atoms with van der Waals surface area (Å²) >= 11 is 0. The van der Waals surface area contributed by atoms with Crippen LogP contribution in [0.3, 0.4) is 0 Å². The van der Waals surface area contributed by atoms with Crippen molar-refractivity contribution < 1.29 is 4.79 Å². The Bertz CT molecular complexity index is 719. The fourth-order valence-electron chi connectivity index (χ4n) is 2.79. The van der Waals surface area contributed by atoms with E-state index in [9.17, 15) is 9.59 Å². The van der Waals surface area contributed by atoms with Crippen LogP contribution in [0.25, 0.3) is 10.8 Å². The summed E-state index contributed by atoms with van der Waals surface area (Å²) in [6.45, 7) is 4.93. The molecular weight excluding hydrogens is 268 g/mol. The first-order chi connectivity index (χ1) is 10.2. The molecule has 21 heavy (non-hydrogen) atoms. The molecule has 0 radical (unpaired) electrons. The Balaban J connectivity index is 2.12. The molecule has 0 bridgehead atoms. The highest BCUT2D eigenvalue weighted by molar-refractivity contribution is 5.83. The van der Waals surface area contributed by atoms with Crippen LogP contribution in [-0.4, -0.2) is 47.1 Å². The summed E-state index contributed by atoms with van der Waals surface area (Å²) in [6, 6.07) is 7.37. The van der Waals surface area contributed by atoms with E-state index in [-0.39, 0.29) is 5.56 Å². The Morgan fingerprint density at radius 3 is 2.57 bits per heavy atom. The van der Waals surface area contributed by atoms with Gasteiger partial charge in [0.15, 0.2) is 12.5 Å². The highest BCUT2D eigenvalue weighted by Gasteiger charge is 2.24. The van der Waals surface area contributed by atoms with Crippen LogP contribution in [0.4, 0.5) is 0 Å². The maximum Gasteiger partial charge on any atom is 0.276 e. The molecule has 1 aliphatic rings. The monoisotopic (exact) mass is 286 g/mol. The Morgan fingerprint density at radius 1 is 1.24 bits per heavy atom. The van der Waals surface area contributed by atoms with Gasteiger partial charge in [0.05, 0.1) is 11.1 Å². The predicted octanol–water partition coefficient (Wildman–Crippen LogP) is 0.308. The number of hydrogen-bond acceptors (Lipinski definition) is 5. The first kappa shape index (κ1) is 13.9. The number of aldehydes is 1. The average Bonchev–Trinajstić information content (AvgIpc) is 2.54. The molecule has 0 aliphatic carbocycles. The molecule has 1 unspecified atom stereocenters. The quantitative estimate of drug-likeness (QED) is 0.822. The zero-order chi connectivity index (χ0) is 14.8. The van der Waals surface area contributed by atoms with Crippen LogP contribution in [-0.2, 0) is 4.79 Å². The van der Waals surface area contributed by atoms with Gasteiger partial charge in [-0.1, -0.05) is 18.2 Å². The minimum atomic E-state index is -0.636. The number of fused-ring (bicyclic) bond motifs is 1. The van der Waals surface area contributed by atoms with E-state index in [0.29, 0.717) is 5.39 Å². The molecule has 1 aromatic heterocycles. The number of aromatic nitrogens is 2. The van der Waals surface area contributed by atoms with Gasteiger partial charge in [-0.15, -0.1) is 0 Å². The molecule has 1 aliphatic heterocycles. The average molecular weight is 286 g/mol. The molecule has 1 N–H and O–H groups in total. The number of nitrogens with one attached hydrogen (secondary N) is 1. The maximum atomic E-state index is 12.6. The van der Waals surface area contributed by atoms with E-state index in [1.807, 2.05) is 30.0 Å². The van der Waals surface area contributed by atoms with Crippen LogP contribution in [0.2, 0.25) is 0 Å². The van der Waals surface area contributed by atoms with Crippen molar-refractivity contribution in [1.82, 2.24) is 20.0 Å². The van der Waals surface area contributed by atoms with Crippen molar-refractivity contribution in [2.75, 3.05) is 26.2 Å². The number of benzene rings is 1. The van der Waals surface area contributed by atoms with Gasteiger partial charge in [-0.2, -0.15) is 5.10 Å². The van der Waals surface area contributed by atoms with Gasteiger partial charge in [0.25, 0.3) is 5.56 Å². The molecule has 110 valence electrons. The molecule has 0 spiro atoms. The molecule has 3 rings (SSSR count). The summed E-state index contributed by atoms with van der Waals surface area (Å²) in [5, 5.41) is 9.03. The minimum absolute atomic E-state index is 0.216. The number of rotatable bonds is 3. The Morgan fingerprint density at radius 2 is 1.90 bits per heavy atom. The summed E-state index contributed by atoms with van der Waals surface area (Å²) in [6.07, 6.45) is 0.163. The summed E-state index contributed by atoms with van der Waals surface area (Å²) in [5.41, 5.74) is 0.541. The molecule has 0 saturated carbocycles. The topological polar surface area (TPSA) is 67.2 Å². The second-order valence-corrected chi connectivity index (χ2v) is 5.22. The van der Waals surface area contributed by atoms with E-state index in [1.54, 1.807) is 6.07 Å². The van der Waals surface area contributed by atoms with Crippen LogP contribution in [0.1, 0.15) is 11.9 Å². The molecule has 2 heterocycles. The van der Waals surface area contributed by atoms with Crippen molar-refractivity contribution in [2.45, 2.75) is 13.1 Å². The van der Waals surface area contributed by atoms with Crippen molar-refractivity contribution >= 4 is 17.1 Å². The van der Waals surface area contributed by atoms with Crippen molar-refractivity contribution in [3.05, 3.63) is 40.3 Å². The number of carbonyl (C=O) groups excluding carboxylic acids is 1. The summed E-state index contributed by atoms with van der Waals surface area (Å²) in [4.78, 5) is 26.1. The van der Waals surface area contributed by atoms with Gasteiger partial charge in [0.1, 0.15) is 0 Å². The molecular formula is C15H18N4O2. The predicted molar refractivity (Wildman–Crippen MR) is 80.3 cm³/mol. The summed E-state index contributed by atoms with van der Waals surface area (Å²) in [7, 11) is 0. The van der Waals surface area contributed by atoms with Crippen LogP contribution < -0.4 is 10.9 Å². The third kappa shape index (κ3) is 2.48. The third-order valence-electron chi connectivity index (χ3n) is 3.91. The molecule has 1 saturated heterocycles. The largest absolute Gasteiger partial charge is 0.314 e. The van der Waals surface area contributed by atoms with Gasteiger partial charge in [0, 0.05) is 31.6 Å². The lowest BCUT2D eigenvalue weighted by Gasteiger charge is -2.32. The van der Waals surface area contributed by atoms with Gasteiger partial charge in [0.2, 0.25) is 0 Å². The Hall–Kier alpha value is -2.05. The standard InChI is InChI=1S/C15H18N4O2/c1-11-12-4-2-3-5-13(12)15(21)19(17-11)14(10-20)18-8-6-16-7-9-18/h2-5,10,14,16H,6-9H2,1H3. The zero-order valence-electron chi connectivity index (χ0n) is 12.0. The van der Waals surface area contributed by atoms with Crippen molar-refractivity contribution in [3.8, 4) is 0 Å². The number of nitrogens with zero attached hydrogens (tertiary/aromatic N) is 3. The third-order valence-corrected chi connectivity index (χ3v) is 3.91. The minimum Gasteiger partial charge on any atom is -0.314 e. The lowest BCUT2D eigenvalue weighted by Crippen LogP contribution is -2.49. The van der Waals surface area contributed by atoms with Crippen LogP contribution in [0, 0.1) is 6.92 Å². The molecule has 0 amide bonds. The maximum absolute atomic E-state index is 12.6. The normalized spacial score (nSPS) is 17.8. The Labute approximate surface area is 122 Å². The lowest BCUT2D eigenvalue weighted by molar-refractivity contribution is -0.116. The SMILES string of the molecule is Cc1nn(C(C=O)N2CCNCC2)c(=O)c2ccccc12. The molecule has 1 fully saturated rings. The van der Waals surface area contributed by atoms with Gasteiger partial charge in [-0.05, 0) is 13.0 Å². The van der Waals surface area contributed by atoms with E-state index in [1.165, 1.54) is 4.68 Å². The van der Waals surface area contributed by atoms with Gasteiger partial charge >= 0.3 is 0 Å². The highest BCUT2D eigenvalue weighted by atomic mass is 16.1. The van der Waals surface area contributed by atoms with E-state index in [4.69, 9.17) is 0 Å². The Kier molecular flexibility index (Phi) is 3.81. The smallest absolute Gasteiger partial charge is 0.276 e. The van der Waals surface area contributed by atoms with E-state index >= 15 is 0 Å². The molecule has 1 aromatic carbocycles. The van der Waals surface area contributed by atoms with Crippen LogP contribution >= 0.6 is 0 Å². The molecule has 1 atom stereocenters. The second-order valence-electron chi connectivity index (χ2n) is 5.22. The zero-order valence-corrected chi connectivity index (χ0v) is 12.0. The van der Waals surface area contributed by atoms with Gasteiger partial charge in [-0.25, -0.2) is 4.68 Å². The van der Waals surface area contributed by atoms with E-state index < -0.39 is 6.17 Å². The lowest BCUT2D eigenvalue weighted by atomic mass is 10.1. The molecule has 6 nitrogen and oxygen atoms in total. The number of hydrogen-bond donors (Lipinski definition) is 1. The first-order valence-corrected chi connectivity index (χ1v) is 7.10. The molecule has 2 aromatic rings. The van der Waals surface area contributed by atoms with E-state index in [2.05, 4.69) is 10.4 Å². The number of aryl methyl sites for hydroxylation is 1. The fraction of sp³-hybridized carbons (Fsp3) is 0.400. The van der Waals surface area contributed by atoms with Crippen molar-refractivity contribution in [1.29, 1.82) is 0 Å². The van der Waals surface area contributed by atoms with Crippen molar-refractivity contribution in [3.63, 3.8) is 0 Å². The fourth-order valence-corrected chi connectivity index (χ4v) is 2.79.